The van der Waals surface area contributed by atoms with Crippen molar-refractivity contribution in [2.24, 2.45) is 0 Å². The lowest BCUT2D eigenvalue weighted by Gasteiger charge is -2.43. The highest BCUT2D eigenvalue weighted by Crippen LogP contribution is 2.43. The number of benzene rings is 2. The molecule has 0 spiro atoms. The maximum absolute atomic E-state index is 15.3. The van der Waals surface area contributed by atoms with Crippen molar-refractivity contribution in [2.45, 2.75) is 51.9 Å². The molecule has 4 rings (SSSR count). The first-order valence-electron chi connectivity index (χ1n) is 10.6. The number of aromatic nitrogens is 1. The molecule has 0 fully saturated rings. The predicted molar refractivity (Wildman–Crippen MR) is 116 cm³/mol. The normalized spacial score (nSPS) is 19.6. The number of nitrogens with zero attached hydrogens (tertiary/aromatic N) is 1. The molecule has 31 heavy (non-hydrogen) atoms. The number of aromatic amines is 1. The van der Waals surface area contributed by atoms with Gasteiger partial charge in [-0.15, -0.1) is 0 Å². The highest BCUT2D eigenvalue weighted by Gasteiger charge is 2.41. The van der Waals surface area contributed by atoms with E-state index in [1.165, 1.54) is 38.1 Å². The van der Waals surface area contributed by atoms with Crippen LogP contribution >= 0.6 is 0 Å². The molecule has 1 aromatic heterocycles. The Balaban J connectivity index is 1.95. The van der Waals surface area contributed by atoms with Crippen molar-refractivity contribution in [1.82, 2.24) is 9.88 Å². The Labute approximate surface area is 179 Å². The number of hydrogen-bond acceptors (Lipinski definition) is 2. The highest BCUT2D eigenvalue weighted by molar-refractivity contribution is 5.85. The van der Waals surface area contributed by atoms with E-state index in [0.29, 0.717) is 29.9 Å². The molecular formula is C24H27F4N3. The third-order valence-corrected chi connectivity index (χ3v) is 5.86. The van der Waals surface area contributed by atoms with E-state index in [1.54, 1.807) is 11.0 Å². The third kappa shape index (κ3) is 4.03. The number of anilines is 1. The summed E-state index contributed by atoms with van der Waals surface area (Å²) >= 11 is 0. The van der Waals surface area contributed by atoms with Crippen molar-refractivity contribution in [3.63, 3.8) is 0 Å². The molecular weight excluding hydrogens is 406 g/mol. The highest BCUT2D eigenvalue weighted by atomic mass is 19.1. The van der Waals surface area contributed by atoms with E-state index in [1.807, 2.05) is 13.8 Å². The van der Waals surface area contributed by atoms with Gasteiger partial charge in [-0.2, -0.15) is 0 Å². The Morgan fingerprint density at radius 3 is 2.42 bits per heavy atom. The van der Waals surface area contributed by atoms with E-state index in [2.05, 4.69) is 10.3 Å². The second-order valence-electron chi connectivity index (χ2n) is 8.94. The van der Waals surface area contributed by atoms with Gasteiger partial charge in [-0.05, 0) is 70.0 Å². The molecule has 0 saturated heterocycles. The molecule has 0 bridgehead atoms. The van der Waals surface area contributed by atoms with Gasteiger partial charge in [0.1, 0.15) is 23.1 Å². The molecule has 2 atom stereocenters. The zero-order valence-corrected chi connectivity index (χ0v) is 18.1. The first-order chi connectivity index (χ1) is 14.6. The second kappa shape index (κ2) is 7.86. The Morgan fingerprint density at radius 1 is 1.13 bits per heavy atom. The molecule has 7 heteroatoms. The fraction of sp³-hybridized carbons (Fsp3) is 0.417. The van der Waals surface area contributed by atoms with Gasteiger partial charge in [-0.1, -0.05) is 0 Å². The van der Waals surface area contributed by atoms with Gasteiger partial charge in [0.2, 0.25) is 0 Å². The lowest BCUT2D eigenvalue weighted by molar-refractivity contribution is 0.0643. The largest absolute Gasteiger partial charge is 0.385 e. The fourth-order valence-electron chi connectivity index (χ4n) is 4.68. The van der Waals surface area contributed by atoms with Gasteiger partial charge in [0.05, 0.1) is 6.04 Å². The Morgan fingerprint density at radius 2 is 1.81 bits per heavy atom. The molecule has 166 valence electrons. The van der Waals surface area contributed by atoms with E-state index < -0.39 is 29.2 Å². The van der Waals surface area contributed by atoms with E-state index in [-0.39, 0.29) is 18.2 Å². The van der Waals surface area contributed by atoms with Crippen LogP contribution in [0.4, 0.5) is 23.2 Å². The number of H-pyrrole nitrogens is 1. The van der Waals surface area contributed by atoms with Crippen molar-refractivity contribution >= 4 is 16.6 Å². The maximum Gasteiger partial charge on any atom is 0.133 e. The zero-order chi connectivity index (χ0) is 22.5. The number of rotatable bonds is 5. The molecule has 3 nitrogen and oxygen atoms in total. The van der Waals surface area contributed by atoms with Crippen molar-refractivity contribution in [3.8, 4) is 0 Å². The summed E-state index contributed by atoms with van der Waals surface area (Å²) in [6.07, 6.45) is 0.562. The van der Waals surface area contributed by atoms with Gasteiger partial charge >= 0.3 is 0 Å². The molecule has 2 aromatic carbocycles. The van der Waals surface area contributed by atoms with E-state index in [4.69, 9.17) is 0 Å². The summed E-state index contributed by atoms with van der Waals surface area (Å²) in [5, 5.41) is 3.74. The van der Waals surface area contributed by atoms with Gasteiger partial charge < -0.3 is 10.3 Å². The monoisotopic (exact) mass is 433 g/mol. The summed E-state index contributed by atoms with van der Waals surface area (Å²) in [5.74, 6) is -1.80. The maximum atomic E-state index is 15.3. The average Bonchev–Trinajstić information content (AvgIpc) is 2.99. The lowest BCUT2D eigenvalue weighted by Crippen LogP contribution is -2.48. The van der Waals surface area contributed by atoms with Crippen LogP contribution in [0.25, 0.3) is 10.9 Å². The summed E-state index contributed by atoms with van der Waals surface area (Å²) in [4.78, 5) is 4.98. The number of hydrogen-bond donors (Lipinski definition) is 2. The number of halogens is 4. The topological polar surface area (TPSA) is 31.1 Å². The van der Waals surface area contributed by atoms with Gasteiger partial charge in [-0.3, -0.25) is 4.90 Å². The molecule has 1 aliphatic rings. The summed E-state index contributed by atoms with van der Waals surface area (Å²) in [7, 11) is 0. The van der Waals surface area contributed by atoms with Crippen LogP contribution in [-0.2, 0) is 6.42 Å². The molecule has 1 aliphatic heterocycles. The lowest BCUT2D eigenvalue weighted by atomic mass is 9.87. The molecule has 0 radical (unpaired) electrons. The van der Waals surface area contributed by atoms with E-state index in [0.717, 1.165) is 10.9 Å². The predicted octanol–water partition coefficient (Wildman–Crippen LogP) is 6.10. The molecule has 0 amide bonds. The minimum atomic E-state index is -1.57. The summed E-state index contributed by atoms with van der Waals surface area (Å²) in [6, 6.07) is 5.92. The Kier molecular flexibility index (Phi) is 5.50. The van der Waals surface area contributed by atoms with Gasteiger partial charge in [0, 0.05) is 47.0 Å². The molecule has 2 heterocycles. The first-order valence-corrected chi connectivity index (χ1v) is 10.6. The van der Waals surface area contributed by atoms with E-state index >= 15 is 8.78 Å². The second-order valence-corrected chi connectivity index (χ2v) is 8.94. The Hall–Kier alpha value is -2.54. The van der Waals surface area contributed by atoms with Crippen LogP contribution in [-0.4, -0.2) is 34.7 Å². The Bertz CT molecular complexity index is 1090. The van der Waals surface area contributed by atoms with E-state index in [9.17, 15) is 8.78 Å². The van der Waals surface area contributed by atoms with Crippen LogP contribution in [0.15, 0.2) is 30.3 Å². The molecule has 3 aromatic rings. The number of alkyl halides is 1. The molecule has 0 aliphatic carbocycles. The first kappa shape index (κ1) is 21.7. The van der Waals surface area contributed by atoms with Crippen LogP contribution in [0, 0.1) is 17.5 Å². The van der Waals surface area contributed by atoms with Crippen molar-refractivity contribution in [1.29, 1.82) is 0 Å². The van der Waals surface area contributed by atoms with Crippen LogP contribution < -0.4 is 5.32 Å². The van der Waals surface area contributed by atoms with Gasteiger partial charge in [-0.25, -0.2) is 17.6 Å². The smallest absolute Gasteiger partial charge is 0.133 e. The number of nitrogens with one attached hydrogen (secondary N) is 2. The number of fused-ring (bicyclic) bond motifs is 3. The van der Waals surface area contributed by atoms with Gasteiger partial charge in [0.25, 0.3) is 0 Å². The van der Waals surface area contributed by atoms with Gasteiger partial charge in [0.15, 0.2) is 0 Å². The molecule has 0 saturated carbocycles. The van der Waals surface area contributed by atoms with Crippen molar-refractivity contribution in [3.05, 3.63) is 64.6 Å². The summed E-state index contributed by atoms with van der Waals surface area (Å²) < 4.78 is 59.2. The molecule has 2 unspecified atom stereocenters. The van der Waals surface area contributed by atoms with Crippen molar-refractivity contribution in [2.75, 3.05) is 18.4 Å². The quantitative estimate of drug-likeness (QED) is 0.476. The average molecular weight is 433 g/mol. The van der Waals surface area contributed by atoms with Crippen LogP contribution in [0.3, 0.4) is 0 Å². The SMILES string of the molecule is CCNc1cc(F)c(C2c3[nH]c4cc(F)ccc4c3CC(C)N2CC(C)(C)F)c(F)c1. The van der Waals surface area contributed by atoms with Crippen LogP contribution in [0.1, 0.15) is 50.6 Å². The van der Waals surface area contributed by atoms with Crippen molar-refractivity contribution < 1.29 is 17.6 Å². The van der Waals surface area contributed by atoms with Crippen LogP contribution in [0.2, 0.25) is 0 Å². The third-order valence-electron chi connectivity index (χ3n) is 5.86. The summed E-state index contributed by atoms with van der Waals surface area (Å²) in [6.45, 7) is 7.19. The minimum Gasteiger partial charge on any atom is -0.385 e. The minimum absolute atomic E-state index is 0.00413. The fourth-order valence-corrected chi connectivity index (χ4v) is 4.68. The van der Waals surface area contributed by atoms with Crippen LogP contribution in [0.5, 0.6) is 0 Å². The summed E-state index contributed by atoms with van der Waals surface area (Å²) in [5.41, 5.74) is 0.673. The molecule has 2 N–H and O–H groups in total. The zero-order valence-electron chi connectivity index (χ0n) is 18.1. The standard InChI is InChI=1S/C24H27F4N3/c1-5-29-15-10-18(26)21(19(27)11-15)23-22-17(8-13(2)31(23)12-24(3,4)28)16-7-6-14(25)9-20(16)30-22/h6-7,9-11,13,23,29-30H,5,8,12H2,1-4H3.